The summed E-state index contributed by atoms with van der Waals surface area (Å²) in [5.41, 5.74) is 15.7. The quantitative estimate of drug-likeness (QED) is 0.157. The van der Waals surface area contributed by atoms with Crippen LogP contribution < -0.4 is 0 Å². The molecule has 0 spiro atoms. The molecule has 1 heterocycles. The Morgan fingerprint density at radius 2 is 0.667 bits per heavy atom. The SMILES string of the molecule is Cc1cccc(C)c1-c1c2ccccc2c(-c2ccc3c(c2)sc2cccc(-c4c5ccccc5c(-c5c(C)cccc5C)c5ccccc45)c23)c2ccccc12. The van der Waals surface area contributed by atoms with Gasteiger partial charge in [0.25, 0.3) is 0 Å². The second kappa shape index (κ2) is 13.0. The molecule has 0 radical (unpaired) electrons. The third-order valence-electron chi connectivity index (χ3n) is 12.4. The van der Waals surface area contributed by atoms with Crippen molar-refractivity contribution in [2.45, 2.75) is 27.7 Å². The Bertz CT molecular complexity index is 3290. The molecule has 0 amide bonds. The number of fused-ring (bicyclic) bond motifs is 7. The first kappa shape index (κ1) is 33.8. The lowest BCUT2D eigenvalue weighted by Crippen LogP contribution is -1.94. The lowest BCUT2D eigenvalue weighted by Gasteiger charge is -2.20. The zero-order valence-electron chi connectivity index (χ0n) is 32.6. The Kier molecular flexibility index (Phi) is 7.71. The van der Waals surface area contributed by atoms with Crippen LogP contribution in [0.15, 0.2) is 170 Å². The zero-order valence-corrected chi connectivity index (χ0v) is 33.4. The van der Waals surface area contributed by atoms with Crippen molar-refractivity contribution < 1.29 is 0 Å². The van der Waals surface area contributed by atoms with E-state index in [1.54, 1.807) is 0 Å². The summed E-state index contributed by atoms with van der Waals surface area (Å²) in [7, 11) is 0. The van der Waals surface area contributed by atoms with E-state index in [-0.39, 0.29) is 0 Å². The van der Waals surface area contributed by atoms with Crippen LogP contribution in [0, 0.1) is 27.7 Å². The van der Waals surface area contributed by atoms with Gasteiger partial charge in [0.2, 0.25) is 0 Å². The first-order valence-corrected chi connectivity index (χ1v) is 20.8. The molecule has 0 fully saturated rings. The lowest BCUT2D eigenvalue weighted by atomic mass is 9.82. The van der Waals surface area contributed by atoms with Crippen LogP contribution in [0.3, 0.4) is 0 Å². The molecule has 0 atom stereocenters. The van der Waals surface area contributed by atoms with Crippen LogP contribution in [0.2, 0.25) is 0 Å². The molecule has 0 nitrogen and oxygen atoms in total. The highest BCUT2D eigenvalue weighted by Gasteiger charge is 2.23. The third kappa shape index (κ3) is 5.05. The maximum Gasteiger partial charge on any atom is 0.0361 e. The molecule has 0 N–H and O–H groups in total. The highest BCUT2D eigenvalue weighted by atomic mass is 32.1. The van der Waals surface area contributed by atoms with Crippen molar-refractivity contribution in [3.63, 3.8) is 0 Å². The van der Waals surface area contributed by atoms with Crippen LogP contribution in [0.5, 0.6) is 0 Å². The predicted molar refractivity (Wildman–Crippen MR) is 250 cm³/mol. The fourth-order valence-corrected chi connectivity index (χ4v) is 11.2. The van der Waals surface area contributed by atoms with Gasteiger partial charge in [-0.25, -0.2) is 0 Å². The van der Waals surface area contributed by atoms with Crippen LogP contribution >= 0.6 is 11.3 Å². The van der Waals surface area contributed by atoms with Gasteiger partial charge in [-0.1, -0.05) is 158 Å². The van der Waals surface area contributed by atoms with E-state index >= 15 is 0 Å². The number of thiophene rings is 1. The molecule has 0 saturated heterocycles. The van der Waals surface area contributed by atoms with Gasteiger partial charge in [0.05, 0.1) is 0 Å². The molecule has 57 heavy (non-hydrogen) atoms. The molecule has 0 aliphatic carbocycles. The first-order chi connectivity index (χ1) is 28.0. The highest BCUT2D eigenvalue weighted by Crippen LogP contribution is 2.50. The Labute approximate surface area is 337 Å². The van der Waals surface area contributed by atoms with Gasteiger partial charge in [0.15, 0.2) is 0 Å². The van der Waals surface area contributed by atoms with Crippen molar-refractivity contribution in [3.05, 3.63) is 192 Å². The van der Waals surface area contributed by atoms with E-state index in [4.69, 9.17) is 0 Å². The average molecular weight is 745 g/mol. The monoisotopic (exact) mass is 744 g/mol. The summed E-state index contributed by atoms with van der Waals surface area (Å²) in [6.07, 6.45) is 0. The van der Waals surface area contributed by atoms with E-state index in [0.29, 0.717) is 0 Å². The molecular formula is C56H40S. The molecule has 10 aromatic carbocycles. The van der Waals surface area contributed by atoms with E-state index in [0.717, 1.165) is 0 Å². The van der Waals surface area contributed by atoms with Crippen molar-refractivity contribution in [2.75, 3.05) is 0 Å². The highest BCUT2D eigenvalue weighted by molar-refractivity contribution is 7.26. The van der Waals surface area contributed by atoms with Gasteiger partial charge >= 0.3 is 0 Å². The molecule has 0 aliphatic rings. The Balaban J connectivity index is 1.18. The molecule has 0 unspecified atom stereocenters. The fourth-order valence-electron chi connectivity index (χ4n) is 10.0. The Morgan fingerprint density at radius 1 is 0.281 bits per heavy atom. The summed E-state index contributed by atoms with van der Waals surface area (Å²) < 4.78 is 2.62. The summed E-state index contributed by atoms with van der Waals surface area (Å²) in [5.74, 6) is 0. The lowest BCUT2D eigenvalue weighted by molar-refractivity contribution is 1.39. The van der Waals surface area contributed by atoms with Crippen LogP contribution in [0.25, 0.3) is 108 Å². The van der Waals surface area contributed by atoms with E-state index in [2.05, 4.69) is 198 Å². The van der Waals surface area contributed by atoms with Crippen LogP contribution in [0.4, 0.5) is 0 Å². The molecule has 0 aliphatic heterocycles. The molecular weight excluding hydrogens is 705 g/mol. The standard InChI is InChI=1S/C56H40S/c1-33-16-13-17-34(2)50(33)55-42-24-9-5-20-38(42)52(39-21-6-10-25-43(39)55)37-30-31-46-49(32-37)57-48-29-15-28-47(54(46)48)53-40-22-7-11-26-44(40)56(45-27-12-8-23-41(45)53)51-35(3)18-14-19-36(51)4/h5-32H,1-4H3. The number of aryl methyl sites for hydroxylation is 4. The number of rotatable bonds is 4. The van der Waals surface area contributed by atoms with Crippen molar-refractivity contribution in [3.8, 4) is 44.5 Å². The van der Waals surface area contributed by atoms with Gasteiger partial charge in [0.1, 0.15) is 0 Å². The van der Waals surface area contributed by atoms with Crippen LogP contribution in [-0.2, 0) is 0 Å². The number of benzene rings is 10. The predicted octanol–water partition coefficient (Wildman–Crippen LogP) is 16.6. The third-order valence-corrected chi connectivity index (χ3v) is 13.5. The first-order valence-electron chi connectivity index (χ1n) is 19.9. The second-order valence-electron chi connectivity index (χ2n) is 15.7. The molecule has 11 aromatic rings. The number of hydrogen-bond acceptors (Lipinski definition) is 1. The zero-order chi connectivity index (χ0) is 38.4. The van der Waals surface area contributed by atoms with E-state index in [1.807, 2.05) is 11.3 Å². The van der Waals surface area contributed by atoms with Gasteiger partial charge in [-0.05, 0) is 150 Å². The van der Waals surface area contributed by atoms with Crippen molar-refractivity contribution in [2.24, 2.45) is 0 Å². The summed E-state index contributed by atoms with van der Waals surface area (Å²) in [5, 5.41) is 13.0. The largest absolute Gasteiger partial charge is 0.135 e. The van der Waals surface area contributed by atoms with Gasteiger partial charge in [-0.2, -0.15) is 0 Å². The smallest absolute Gasteiger partial charge is 0.0361 e. The van der Waals surface area contributed by atoms with E-state index in [1.165, 1.54) is 130 Å². The van der Waals surface area contributed by atoms with Crippen molar-refractivity contribution >= 4 is 74.6 Å². The molecule has 270 valence electrons. The Morgan fingerprint density at radius 3 is 1.11 bits per heavy atom. The van der Waals surface area contributed by atoms with Gasteiger partial charge in [-0.15, -0.1) is 11.3 Å². The normalized spacial score (nSPS) is 11.9. The van der Waals surface area contributed by atoms with Gasteiger partial charge < -0.3 is 0 Å². The topological polar surface area (TPSA) is 0 Å². The van der Waals surface area contributed by atoms with Crippen molar-refractivity contribution in [1.29, 1.82) is 0 Å². The molecule has 0 bridgehead atoms. The fraction of sp³-hybridized carbons (Fsp3) is 0.0714. The minimum atomic E-state index is 1.25. The van der Waals surface area contributed by atoms with Crippen molar-refractivity contribution in [1.82, 2.24) is 0 Å². The minimum absolute atomic E-state index is 1.25. The van der Waals surface area contributed by atoms with Gasteiger partial charge in [-0.3, -0.25) is 0 Å². The average Bonchev–Trinajstić information content (AvgIpc) is 3.61. The summed E-state index contributed by atoms with van der Waals surface area (Å²) >= 11 is 1.91. The maximum absolute atomic E-state index is 2.46. The minimum Gasteiger partial charge on any atom is -0.135 e. The summed E-state index contributed by atoms with van der Waals surface area (Å²) in [6, 6.07) is 63.6. The molecule has 0 saturated carbocycles. The molecule has 1 aromatic heterocycles. The van der Waals surface area contributed by atoms with E-state index in [9.17, 15) is 0 Å². The molecule has 1 heteroatoms. The number of hydrogen-bond donors (Lipinski definition) is 0. The van der Waals surface area contributed by atoms with Crippen LogP contribution in [-0.4, -0.2) is 0 Å². The Hall–Kier alpha value is -6.54. The molecule has 11 rings (SSSR count). The second-order valence-corrected chi connectivity index (χ2v) is 16.8. The van der Waals surface area contributed by atoms with Crippen LogP contribution in [0.1, 0.15) is 22.3 Å². The maximum atomic E-state index is 2.46. The van der Waals surface area contributed by atoms with Gasteiger partial charge in [0, 0.05) is 20.2 Å². The summed E-state index contributed by atoms with van der Waals surface area (Å²) in [6.45, 7) is 8.98. The summed E-state index contributed by atoms with van der Waals surface area (Å²) in [4.78, 5) is 0. The van der Waals surface area contributed by atoms with E-state index < -0.39 is 0 Å².